The zero-order valence-electron chi connectivity index (χ0n) is 13.4. The summed E-state index contributed by atoms with van der Waals surface area (Å²) in [6.45, 7) is -2.51. The lowest BCUT2D eigenvalue weighted by Gasteiger charge is -2.09. The van der Waals surface area contributed by atoms with Crippen LogP contribution in [0.1, 0.15) is 15.9 Å². The fourth-order valence-corrected chi connectivity index (χ4v) is 2.46. The molecular weight excluding hydrogens is 364 g/mol. The number of alkyl halides is 2. The number of benzene rings is 2. The first-order chi connectivity index (χ1) is 12.5. The minimum absolute atomic E-state index is 0.0000475. The SMILES string of the molecule is O=C(Nc1ccn(Cc2ccc(Cl)cc2)n1)c1ccccc1OC(F)F. The number of rotatable bonds is 6. The first-order valence-corrected chi connectivity index (χ1v) is 8.02. The number of carbonyl (C=O) groups excluding carboxylic acids is 1. The van der Waals surface area contributed by atoms with E-state index in [1.54, 1.807) is 35.1 Å². The predicted octanol–water partition coefficient (Wildman–Crippen LogP) is 4.44. The molecule has 2 aromatic carbocycles. The van der Waals surface area contributed by atoms with E-state index in [2.05, 4.69) is 15.2 Å². The second-order valence-corrected chi connectivity index (χ2v) is 5.79. The number of aromatic nitrogens is 2. The molecule has 26 heavy (non-hydrogen) atoms. The molecule has 3 aromatic rings. The van der Waals surface area contributed by atoms with Crippen molar-refractivity contribution in [2.75, 3.05) is 5.32 Å². The van der Waals surface area contributed by atoms with E-state index in [0.717, 1.165) is 5.56 Å². The van der Waals surface area contributed by atoms with Gasteiger partial charge in [-0.2, -0.15) is 13.9 Å². The van der Waals surface area contributed by atoms with Crippen LogP contribution in [-0.4, -0.2) is 22.3 Å². The zero-order valence-corrected chi connectivity index (χ0v) is 14.2. The van der Waals surface area contributed by atoms with Gasteiger partial charge in [-0.25, -0.2) is 0 Å². The Hall–Kier alpha value is -2.93. The number of carbonyl (C=O) groups is 1. The third-order valence-electron chi connectivity index (χ3n) is 3.49. The van der Waals surface area contributed by atoms with Gasteiger partial charge in [0, 0.05) is 17.3 Å². The van der Waals surface area contributed by atoms with Gasteiger partial charge in [0.25, 0.3) is 5.91 Å². The molecule has 0 aliphatic carbocycles. The molecule has 3 rings (SSSR count). The van der Waals surface area contributed by atoms with Crippen molar-refractivity contribution in [3.8, 4) is 5.75 Å². The second-order valence-electron chi connectivity index (χ2n) is 5.35. The molecule has 0 atom stereocenters. The number of nitrogens with one attached hydrogen (secondary N) is 1. The van der Waals surface area contributed by atoms with E-state index in [0.29, 0.717) is 17.4 Å². The summed E-state index contributed by atoms with van der Waals surface area (Å²) >= 11 is 5.85. The number of nitrogens with zero attached hydrogens (tertiary/aromatic N) is 2. The van der Waals surface area contributed by atoms with Gasteiger partial charge in [-0.05, 0) is 29.8 Å². The maximum Gasteiger partial charge on any atom is 0.387 e. The highest BCUT2D eigenvalue weighted by atomic mass is 35.5. The van der Waals surface area contributed by atoms with E-state index in [-0.39, 0.29) is 11.3 Å². The fraction of sp³-hybridized carbons (Fsp3) is 0.111. The first kappa shape index (κ1) is 17.9. The van der Waals surface area contributed by atoms with Gasteiger partial charge < -0.3 is 10.1 Å². The van der Waals surface area contributed by atoms with Crippen LogP contribution in [0.5, 0.6) is 5.75 Å². The standard InChI is InChI=1S/C18H14ClF2N3O2/c19-13-7-5-12(6-8-13)11-24-10-9-16(23-24)22-17(25)14-3-1-2-4-15(14)26-18(20)21/h1-10,18H,11H2,(H,22,23,25). The summed E-state index contributed by atoms with van der Waals surface area (Å²) < 4.78 is 30.9. The lowest BCUT2D eigenvalue weighted by molar-refractivity contribution is -0.0501. The van der Waals surface area contributed by atoms with Crippen LogP contribution in [0.3, 0.4) is 0 Å². The lowest BCUT2D eigenvalue weighted by atomic mass is 10.2. The van der Waals surface area contributed by atoms with Crippen molar-refractivity contribution in [3.05, 3.63) is 76.9 Å². The van der Waals surface area contributed by atoms with Gasteiger partial charge in [0.2, 0.25) is 0 Å². The van der Waals surface area contributed by atoms with Gasteiger partial charge in [0.05, 0.1) is 12.1 Å². The topological polar surface area (TPSA) is 56.2 Å². The Kier molecular flexibility index (Phi) is 5.48. The van der Waals surface area contributed by atoms with Crippen LogP contribution >= 0.6 is 11.6 Å². The van der Waals surface area contributed by atoms with Crippen LogP contribution in [0.15, 0.2) is 60.8 Å². The van der Waals surface area contributed by atoms with E-state index in [1.807, 2.05) is 12.1 Å². The monoisotopic (exact) mass is 377 g/mol. The summed E-state index contributed by atoms with van der Waals surface area (Å²) in [5.74, 6) is -0.477. The highest BCUT2D eigenvalue weighted by molar-refractivity contribution is 6.30. The van der Waals surface area contributed by atoms with Crippen molar-refractivity contribution in [2.45, 2.75) is 13.2 Å². The summed E-state index contributed by atoms with van der Waals surface area (Å²) in [5, 5.41) is 7.46. The molecule has 0 aliphatic heterocycles. The third-order valence-corrected chi connectivity index (χ3v) is 3.74. The molecule has 0 unspecified atom stereocenters. The smallest absolute Gasteiger partial charge is 0.387 e. The molecule has 0 spiro atoms. The maximum atomic E-state index is 12.4. The number of hydrogen-bond donors (Lipinski definition) is 1. The second kappa shape index (κ2) is 7.97. The van der Waals surface area contributed by atoms with Gasteiger partial charge in [-0.3, -0.25) is 9.48 Å². The highest BCUT2D eigenvalue weighted by Crippen LogP contribution is 2.21. The van der Waals surface area contributed by atoms with E-state index < -0.39 is 12.5 Å². The molecule has 5 nitrogen and oxygen atoms in total. The Morgan fingerprint density at radius 2 is 1.88 bits per heavy atom. The minimum Gasteiger partial charge on any atom is -0.434 e. The number of halogens is 3. The van der Waals surface area contributed by atoms with E-state index in [1.165, 1.54) is 18.2 Å². The summed E-state index contributed by atoms with van der Waals surface area (Å²) in [6.07, 6.45) is 1.70. The molecule has 1 amide bonds. The van der Waals surface area contributed by atoms with Gasteiger partial charge in [-0.15, -0.1) is 0 Å². The van der Waals surface area contributed by atoms with Gasteiger partial charge in [0.1, 0.15) is 5.75 Å². The average Bonchev–Trinajstić information content (AvgIpc) is 3.04. The van der Waals surface area contributed by atoms with Crippen molar-refractivity contribution in [1.29, 1.82) is 0 Å². The first-order valence-electron chi connectivity index (χ1n) is 7.64. The summed E-state index contributed by atoms with van der Waals surface area (Å²) in [4.78, 5) is 12.3. The molecule has 0 fully saturated rings. The van der Waals surface area contributed by atoms with Crippen LogP contribution in [0, 0.1) is 0 Å². The van der Waals surface area contributed by atoms with Crippen molar-refractivity contribution in [1.82, 2.24) is 9.78 Å². The number of amides is 1. The molecule has 134 valence electrons. The normalized spacial score (nSPS) is 10.8. The van der Waals surface area contributed by atoms with Crippen LogP contribution in [0.25, 0.3) is 0 Å². The molecule has 1 heterocycles. The minimum atomic E-state index is -3.01. The predicted molar refractivity (Wildman–Crippen MR) is 93.8 cm³/mol. The van der Waals surface area contributed by atoms with E-state index >= 15 is 0 Å². The third kappa shape index (κ3) is 4.58. The van der Waals surface area contributed by atoms with Gasteiger partial charge in [-0.1, -0.05) is 35.9 Å². The largest absolute Gasteiger partial charge is 0.434 e. The number of anilines is 1. The molecule has 0 saturated heterocycles. The van der Waals surface area contributed by atoms with Crippen molar-refractivity contribution < 1.29 is 18.3 Å². The maximum absolute atomic E-state index is 12.4. The Labute approximate surface area is 153 Å². The van der Waals surface area contributed by atoms with Crippen LogP contribution in [-0.2, 0) is 6.54 Å². The van der Waals surface area contributed by atoms with Crippen molar-refractivity contribution >= 4 is 23.3 Å². The fourth-order valence-electron chi connectivity index (χ4n) is 2.33. The summed E-state index contributed by atoms with van der Waals surface area (Å²) in [7, 11) is 0. The summed E-state index contributed by atoms with van der Waals surface area (Å²) in [6, 6.07) is 14.7. The van der Waals surface area contributed by atoms with Crippen LogP contribution in [0.4, 0.5) is 14.6 Å². The number of ether oxygens (including phenoxy) is 1. The van der Waals surface area contributed by atoms with Crippen LogP contribution in [0.2, 0.25) is 5.02 Å². The molecule has 1 aromatic heterocycles. The van der Waals surface area contributed by atoms with Crippen molar-refractivity contribution in [2.24, 2.45) is 0 Å². The molecular formula is C18H14ClF2N3O2. The molecule has 8 heteroatoms. The number of hydrogen-bond acceptors (Lipinski definition) is 3. The highest BCUT2D eigenvalue weighted by Gasteiger charge is 2.16. The van der Waals surface area contributed by atoms with E-state index in [4.69, 9.17) is 11.6 Å². The quantitative estimate of drug-likeness (QED) is 0.691. The van der Waals surface area contributed by atoms with Gasteiger partial charge >= 0.3 is 6.61 Å². The number of para-hydroxylation sites is 1. The Morgan fingerprint density at radius 3 is 2.62 bits per heavy atom. The zero-order chi connectivity index (χ0) is 18.5. The Bertz CT molecular complexity index is 897. The molecule has 1 N–H and O–H groups in total. The van der Waals surface area contributed by atoms with Crippen molar-refractivity contribution in [3.63, 3.8) is 0 Å². The molecule has 0 radical (unpaired) electrons. The molecule has 0 aliphatic rings. The van der Waals surface area contributed by atoms with E-state index in [9.17, 15) is 13.6 Å². The lowest BCUT2D eigenvalue weighted by Crippen LogP contribution is -2.15. The average molecular weight is 378 g/mol. The Balaban J connectivity index is 1.69. The van der Waals surface area contributed by atoms with Gasteiger partial charge in [0.15, 0.2) is 5.82 Å². The molecule has 0 bridgehead atoms. The Morgan fingerprint density at radius 1 is 1.15 bits per heavy atom. The summed E-state index contributed by atoms with van der Waals surface area (Å²) in [5.41, 5.74) is 0.992. The van der Waals surface area contributed by atoms with Crippen LogP contribution < -0.4 is 10.1 Å². The molecule has 0 saturated carbocycles.